The van der Waals surface area contributed by atoms with Crippen molar-refractivity contribution >= 4 is 39.4 Å². The highest BCUT2D eigenvalue weighted by atomic mass is 79.9. The minimum atomic E-state index is -0.519. The van der Waals surface area contributed by atoms with Crippen LogP contribution in [0.1, 0.15) is 62.5 Å². The third-order valence-corrected chi connectivity index (χ3v) is 3.83. The molecule has 0 saturated carbocycles. The lowest BCUT2D eigenvalue weighted by Crippen LogP contribution is -2.14. The second-order valence-electron chi connectivity index (χ2n) is 5.35. The Kier molecular flexibility index (Phi) is 10.4. The van der Waals surface area contributed by atoms with Gasteiger partial charge in [-0.05, 0) is 38.1 Å². The highest BCUT2D eigenvalue weighted by molar-refractivity contribution is 9.09. The Hall–Kier alpha value is -2.94. The maximum absolute atomic E-state index is 11.5. The molecule has 0 aliphatic carbocycles. The normalized spacial score (nSPS) is 9.66. The molecule has 29 heavy (non-hydrogen) atoms. The Labute approximate surface area is 176 Å². The van der Waals surface area contributed by atoms with Gasteiger partial charge in [-0.1, -0.05) is 15.9 Å². The first kappa shape index (κ1) is 24.1. The Morgan fingerprint density at radius 2 is 1.31 bits per heavy atom. The number of Topliss-reactive ketones (excluding diaryl/α,β-unsaturated/α-hetero) is 2. The van der Waals surface area contributed by atoms with Gasteiger partial charge in [0, 0.05) is 19.3 Å². The van der Waals surface area contributed by atoms with Crippen molar-refractivity contribution in [1.82, 2.24) is 9.97 Å². The maximum atomic E-state index is 11.5. The first-order valence-electron chi connectivity index (χ1n) is 8.71. The number of halogens is 1. The van der Waals surface area contributed by atoms with Crippen LogP contribution in [0.25, 0.3) is 0 Å². The lowest BCUT2D eigenvalue weighted by molar-refractivity contribution is 0.0514. The molecule has 0 saturated heterocycles. The van der Waals surface area contributed by atoms with Crippen LogP contribution >= 0.6 is 15.9 Å². The number of esters is 2. The number of carbonyl (C=O) groups excluding carboxylic acids is 4. The molecule has 0 bridgehead atoms. The molecule has 2 aromatic rings. The van der Waals surface area contributed by atoms with Crippen LogP contribution in [0.3, 0.4) is 0 Å². The molecule has 0 aromatic carbocycles. The summed E-state index contributed by atoms with van der Waals surface area (Å²) < 4.78 is 9.60. The van der Waals surface area contributed by atoms with Gasteiger partial charge in [0.2, 0.25) is 0 Å². The highest BCUT2D eigenvalue weighted by Gasteiger charge is 2.18. The average Bonchev–Trinajstić information content (AvgIpc) is 2.74. The molecule has 0 aliphatic heterocycles. The van der Waals surface area contributed by atoms with Crippen molar-refractivity contribution in [2.24, 2.45) is 0 Å². The van der Waals surface area contributed by atoms with Crippen LogP contribution < -0.4 is 0 Å². The van der Waals surface area contributed by atoms with E-state index >= 15 is 0 Å². The van der Waals surface area contributed by atoms with E-state index in [0.29, 0.717) is 0 Å². The molecule has 2 aromatic heterocycles. The van der Waals surface area contributed by atoms with Crippen molar-refractivity contribution in [2.75, 3.05) is 18.5 Å². The van der Waals surface area contributed by atoms with E-state index < -0.39 is 11.9 Å². The number of hydrogen-bond acceptors (Lipinski definition) is 8. The van der Waals surface area contributed by atoms with Crippen LogP contribution in [0.2, 0.25) is 0 Å². The van der Waals surface area contributed by atoms with E-state index in [1.807, 2.05) is 0 Å². The number of carbonyl (C=O) groups is 4. The summed E-state index contributed by atoms with van der Waals surface area (Å²) in [6, 6.07) is 6.25. The molecule has 0 unspecified atom stereocenters. The molecule has 0 atom stereocenters. The Morgan fingerprint density at radius 1 is 0.862 bits per heavy atom. The topological polar surface area (TPSA) is 113 Å². The van der Waals surface area contributed by atoms with E-state index in [0.717, 1.165) is 0 Å². The minimum Gasteiger partial charge on any atom is -0.462 e. The van der Waals surface area contributed by atoms with Crippen LogP contribution in [0.4, 0.5) is 0 Å². The molecule has 8 nitrogen and oxygen atoms in total. The summed E-state index contributed by atoms with van der Waals surface area (Å²) in [4.78, 5) is 53.0. The van der Waals surface area contributed by atoms with Crippen molar-refractivity contribution in [1.29, 1.82) is 0 Å². The van der Waals surface area contributed by atoms with E-state index in [2.05, 4.69) is 25.9 Å². The zero-order valence-electron chi connectivity index (χ0n) is 16.3. The molecule has 0 aliphatic rings. The third-order valence-electron chi connectivity index (χ3n) is 3.33. The Morgan fingerprint density at radius 3 is 1.72 bits per heavy atom. The number of hydrogen-bond donors (Lipinski definition) is 0. The SMILES string of the molecule is CCOC(=O)c1cccnc1C(=O)CBr.CCOC(=O)c1cccnc1C(C)=O. The van der Waals surface area contributed by atoms with Gasteiger partial charge < -0.3 is 9.47 Å². The molecule has 2 heterocycles. The zero-order chi connectivity index (χ0) is 21.8. The van der Waals surface area contributed by atoms with Crippen LogP contribution in [0.15, 0.2) is 36.7 Å². The molecule has 154 valence electrons. The van der Waals surface area contributed by atoms with Crippen LogP contribution in [0.5, 0.6) is 0 Å². The van der Waals surface area contributed by atoms with Gasteiger partial charge >= 0.3 is 11.9 Å². The summed E-state index contributed by atoms with van der Waals surface area (Å²) in [5.41, 5.74) is 0.740. The molecule has 0 fully saturated rings. The smallest absolute Gasteiger partial charge is 0.340 e. The summed E-state index contributed by atoms with van der Waals surface area (Å²) in [6.45, 7) is 5.34. The van der Waals surface area contributed by atoms with Gasteiger partial charge in [-0.2, -0.15) is 0 Å². The van der Waals surface area contributed by atoms with Gasteiger partial charge in [-0.25, -0.2) is 9.59 Å². The fraction of sp³-hybridized carbons (Fsp3) is 0.300. The van der Waals surface area contributed by atoms with E-state index in [9.17, 15) is 19.2 Å². The third kappa shape index (κ3) is 7.19. The second kappa shape index (κ2) is 12.5. The van der Waals surface area contributed by atoms with Crippen molar-refractivity contribution in [3.05, 3.63) is 59.2 Å². The van der Waals surface area contributed by atoms with Gasteiger partial charge in [-0.15, -0.1) is 0 Å². The largest absolute Gasteiger partial charge is 0.462 e. The Balaban J connectivity index is 0.000000291. The number of aromatic nitrogens is 2. The zero-order valence-corrected chi connectivity index (χ0v) is 17.9. The predicted octanol–water partition coefficient (Wildman–Crippen LogP) is 3.30. The lowest BCUT2D eigenvalue weighted by Gasteiger charge is -2.05. The van der Waals surface area contributed by atoms with E-state index in [1.165, 1.54) is 31.5 Å². The summed E-state index contributed by atoms with van der Waals surface area (Å²) >= 11 is 3.03. The minimum absolute atomic E-state index is 0.135. The van der Waals surface area contributed by atoms with Crippen molar-refractivity contribution in [3.8, 4) is 0 Å². The first-order chi connectivity index (χ1) is 13.9. The number of pyridine rings is 2. The van der Waals surface area contributed by atoms with E-state index in [-0.39, 0.29) is 52.6 Å². The molecule has 9 heteroatoms. The van der Waals surface area contributed by atoms with Gasteiger partial charge in [0.25, 0.3) is 0 Å². The monoisotopic (exact) mass is 464 g/mol. The fourth-order valence-electron chi connectivity index (χ4n) is 2.12. The van der Waals surface area contributed by atoms with Gasteiger partial charge in [0.15, 0.2) is 11.6 Å². The number of alkyl halides is 1. The predicted molar refractivity (Wildman–Crippen MR) is 109 cm³/mol. The van der Waals surface area contributed by atoms with Crippen LogP contribution in [0, 0.1) is 0 Å². The molecule has 0 N–H and O–H groups in total. The Bertz CT molecular complexity index is 885. The lowest BCUT2D eigenvalue weighted by atomic mass is 10.1. The van der Waals surface area contributed by atoms with E-state index in [4.69, 9.17) is 9.47 Å². The first-order valence-corrected chi connectivity index (χ1v) is 9.83. The summed E-state index contributed by atoms with van der Waals surface area (Å²) in [5.74, 6) is -1.51. The van der Waals surface area contributed by atoms with Crippen molar-refractivity contribution in [2.45, 2.75) is 20.8 Å². The van der Waals surface area contributed by atoms with Crippen LogP contribution in [-0.4, -0.2) is 52.0 Å². The van der Waals surface area contributed by atoms with E-state index in [1.54, 1.807) is 26.0 Å². The van der Waals surface area contributed by atoms with Gasteiger partial charge in [0.1, 0.15) is 11.4 Å². The molecule has 0 amide bonds. The molecular formula is C20H21BrN2O6. The van der Waals surface area contributed by atoms with Gasteiger partial charge in [0.05, 0.1) is 29.7 Å². The van der Waals surface area contributed by atoms with Crippen LogP contribution in [-0.2, 0) is 9.47 Å². The maximum Gasteiger partial charge on any atom is 0.340 e. The molecule has 2 rings (SSSR count). The molecular weight excluding hydrogens is 444 g/mol. The average molecular weight is 465 g/mol. The van der Waals surface area contributed by atoms with Crippen molar-refractivity contribution in [3.63, 3.8) is 0 Å². The molecule has 0 radical (unpaired) electrons. The number of ether oxygens (including phenoxy) is 2. The van der Waals surface area contributed by atoms with Crippen molar-refractivity contribution < 1.29 is 28.7 Å². The quantitative estimate of drug-likeness (QED) is 0.348. The summed E-state index contributed by atoms with van der Waals surface area (Å²) in [6.07, 6.45) is 2.94. The highest BCUT2D eigenvalue weighted by Crippen LogP contribution is 2.09. The van der Waals surface area contributed by atoms with Gasteiger partial charge in [-0.3, -0.25) is 19.6 Å². The summed E-state index contributed by atoms with van der Waals surface area (Å²) in [5, 5.41) is 0.135. The number of nitrogens with zero attached hydrogens (tertiary/aromatic N) is 2. The molecule has 0 spiro atoms. The fourth-order valence-corrected chi connectivity index (χ4v) is 2.39. The summed E-state index contributed by atoms with van der Waals surface area (Å²) in [7, 11) is 0. The number of rotatable bonds is 7. The number of ketones is 2. The second-order valence-corrected chi connectivity index (χ2v) is 5.91. The standard InChI is InChI=1S/C10H10BrNO3.C10H11NO3/c1-2-15-10(14)7-4-3-5-12-9(7)8(13)6-11;1-3-14-10(13)8-5-4-6-11-9(8)7(2)12/h3-5H,2,6H2,1H3;4-6H,3H2,1-2H3.